The van der Waals surface area contributed by atoms with Crippen LogP contribution >= 0.6 is 11.5 Å². The fraction of sp³-hybridized carbons (Fsp3) is 0.435. The zero-order valence-corrected chi connectivity index (χ0v) is 20.7. The average molecular weight is 556 g/mol. The van der Waals surface area contributed by atoms with Crippen molar-refractivity contribution in [1.29, 1.82) is 0 Å². The molecule has 1 unspecified atom stereocenters. The van der Waals surface area contributed by atoms with Crippen molar-refractivity contribution in [3.05, 3.63) is 47.7 Å². The molecular formula is C23H22F5N7O2S. The largest absolute Gasteiger partial charge is 0.474 e. The second-order valence-corrected chi connectivity index (χ2v) is 10.0. The van der Waals surface area contributed by atoms with Gasteiger partial charge in [-0.25, -0.2) is 23.7 Å². The van der Waals surface area contributed by atoms with Gasteiger partial charge in [0.2, 0.25) is 5.88 Å². The van der Waals surface area contributed by atoms with Gasteiger partial charge in [0.25, 0.3) is 12.3 Å². The number of hydrogen-bond acceptors (Lipinski definition) is 9. The third-order valence-corrected chi connectivity index (χ3v) is 7.36. The van der Waals surface area contributed by atoms with Gasteiger partial charge in [-0.15, -0.1) is 0 Å². The Morgan fingerprint density at radius 1 is 1.24 bits per heavy atom. The molecule has 2 fully saturated rings. The number of aryl methyl sites for hydroxylation is 1. The van der Waals surface area contributed by atoms with Gasteiger partial charge in [-0.2, -0.15) is 17.5 Å². The number of nitrogens with zero attached hydrogens (tertiary/aromatic N) is 5. The summed E-state index contributed by atoms with van der Waals surface area (Å²) in [5, 5.41) is 5.79. The lowest BCUT2D eigenvalue weighted by Crippen LogP contribution is -2.27. The average Bonchev–Trinajstić information content (AvgIpc) is 3.14. The normalized spacial score (nSPS) is 21.2. The van der Waals surface area contributed by atoms with E-state index in [1.807, 2.05) is 0 Å². The quantitative estimate of drug-likeness (QED) is 0.384. The first-order chi connectivity index (χ1) is 18.0. The highest BCUT2D eigenvalue weighted by atomic mass is 32.1. The van der Waals surface area contributed by atoms with Crippen molar-refractivity contribution >= 4 is 33.9 Å². The number of alkyl halides is 5. The molecule has 1 saturated heterocycles. The molecule has 0 bridgehead atoms. The second kappa shape index (κ2) is 10.0. The van der Waals surface area contributed by atoms with Gasteiger partial charge in [0.15, 0.2) is 5.69 Å². The number of amides is 1. The Kier molecular flexibility index (Phi) is 6.90. The van der Waals surface area contributed by atoms with Crippen molar-refractivity contribution in [3.8, 4) is 5.88 Å². The van der Waals surface area contributed by atoms with Crippen LogP contribution in [-0.4, -0.2) is 62.3 Å². The minimum Gasteiger partial charge on any atom is -0.474 e. The van der Waals surface area contributed by atoms with Crippen molar-refractivity contribution in [1.82, 2.24) is 24.2 Å². The lowest BCUT2D eigenvalue weighted by atomic mass is 10.1. The Labute approximate surface area is 217 Å². The maximum Gasteiger partial charge on any atom is 0.434 e. The molecule has 5 rings (SSSR count). The molecule has 1 amide bonds. The van der Waals surface area contributed by atoms with Gasteiger partial charge in [0, 0.05) is 18.0 Å². The number of carbonyl (C=O) groups excluding carboxylic acids is 1. The maximum atomic E-state index is 13.0. The van der Waals surface area contributed by atoms with Crippen LogP contribution in [0.15, 0.2) is 30.7 Å². The van der Waals surface area contributed by atoms with Crippen LogP contribution in [0.3, 0.4) is 0 Å². The zero-order chi connectivity index (χ0) is 27.1. The summed E-state index contributed by atoms with van der Waals surface area (Å²) in [6, 6.07) is 3.24. The number of carbonyl (C=O) groups is 1. The van der Waals surface area contributed by atoms with Crippen molar-refractivity contribution in [2.45, 2.75) is 38.5 Å². The SMILES string of the molecule is Cc1nsc(Nc2cnc(C(F)(F)F)cn2)c1C(=O)Nc1ccc(OC2C[C@@]23CCN(CC(F)F)C3)nc1. The second-order valence-electron chi connectivity index (χ2n) is 9.27. The molecule has 1 spiro atoms. The van der Waals surface area contributed by atoms with E-state index in [1.165, 1.54) is 6.20 Å². The predicted molar refractivity (Wildman–Crippen MR) is 128 cm³/mol. The zero-order valence-electron chi connectivity index (χ0n) is 19.9. The first-order valence-corrected chi connectivity index (χ1v) is 12.4. The number of rotatable bonds is 8. The molecule has 38 heavy (non-hydrogen) atoms. The fourth-order valence-electron chi connectivity index (χ4n) is 4.48. The minimum atomic E-state index is -4.61. The number of likely N-dealkylation sites (tertiary alicyclic amines) is 1. The lowest BCUT2D eigenvalue weighted by molar-refractivity contribution is -0.141. The van der Waals surface area contributed by atoms with E-state index in [2.05, 4.69) is 30.0 Å². The van der Waals surface area contributed by atoms with Gasteiger partial charge in [-0.3, -0.25) is 9.69 Å². The number of anilines is 3. The molecule has 0 aromatic carbocycles. The molecule has 1 aliphatic heterocycles. The third-order valence-electron chi connectivity index (χ3n) is 6.51. The van der Waals surface area contributed by atoms with E-state index < -0.39 is 24.2 Å². The summed E-state index contributed by atoms with van der Waals surface area (Å²) in [6.45, 7) is 2.61. The van der Waals surface area contributed by atoms with Crippen molar-refractivity contribution in [3.63, 3.8) is 0 Å². The monoisotopic (exact) mass is 555 g/mol. The highest BCUT2D eigenvalue weighted by Gasteiger charge is 2.59. The van der Waals surface area contributed by atoms with E-state index >= 15 is 0 Å². The molecule has 3 aromatic heterocycles. The van der Waals surface area contributed by atoms with Crippen molar-refractivity contribution in [2.24, 2.45) is 5.41 Å². The summed E-state index contributed by atoms with van der Waals surface area (Å²) < 4.78 is 73.6. The van der Waals surface area contributed by atoms with Gasteiger partial charge in [0.05, 0.1) is 42.1 Å². The Balaban J connectivity index is 1.18. The lowest BCUT2D eigenvalue weighted by Gasteiger charge is -2.15. The van der Waals surface area contributed by atoms with Gasteiger partial charge in [-0.1, -0.05) is 0 Å². The summed E-state index contributed by atoms with van der Waals surface area (Å²) in [4.78, 5) is 26.0. The minimum absolute atomic E-state index is 0.0244. The number of aromatic nitrogens is 4. The van der Waals surface area contributed by atoms with Crippen LogP contribution in [0.25, 0.3) is 0 Å². The van der Waals surface area contributed by atoms with E-state index in [9.17, 15) is 26.7 Å². The maximum absolute atomic E-state index is 13.0. The number of halogens is 5. The van der Waals surface area contributed by atoms with E-state index in [0.717, 1.165) is 30.6 Å². The summed E-state index contributed by atoms with van der Waals surface area (Å²) in [5.74, 6) is -0.106. The number of hydrogen-bond donors (Lipinski definition) is 2. The number of ether oxygens (including phenoxy) is 1. The first kappa shape index (κ1) is 26.2. The van der Waals surface area contributed by atoms with Gasteiger partial charge >= 0.3 is 6.18 Å². The highest BCUT2D eigenvalue weighted by molar-refractivity contribution is 7.10. The summed E-state index contributed by atoms with van der Waals surface area (Å²) in [6.07, 6.45) is -2.50. The van der Waals surface area contributed by atoms with Crippen LogP contribution in [0.5, 0.6) is 5.88 Å². The molecule has 0 radical (unpaired) electrons. The Bertz CT molecular complexity index is 1300. The van der Waals surface area contributed by atoms with Crippen LogP contribution in [0.1, 0.15) is 34.6 Å². The van der Waals surface area contributed by atoms with Crippen LogP contribution in [-0.2, 0) is 6.18 Å². The third kappa shape index (κ3) is 5.67. The molecule has 4 heterocycles. The van der Waals surface area contributed by atoms with Crippen LogP contribution < -0.4 is 15.4 Å². The van der Waals surface area contributed by atoms with Gasteiger partial charge in [-0.05, 0) is 43.9 Å². The van der Waals surface area contributed by atoms with Crippen LogP contribution in [0, 0.1) is 12.3 Å². The summed E-state index contributed by atoms with van der Waals surface area (Å²) >= 11 is 0.956. The molecule has 2 atom stereocenters. The Morgan fingerprint density at radius 2 is 2.05 bits per heavy atom. The van der Waals surface area contributed by atoms with E-state index in [0.29, 0.717) is 41.5 Å². The van der Waals surface area contributed by atoms with E-state index in [1.54, 1.807) is 24.0 Å². The van der Waals surface area contributed by atoms with Gasteiger partial charge in [0.1, 0.15) is 16.9 Å². The smallest absolute Gasteiger partial charge is 0.434 e. The van der Waals surface area contributed by atoms with Crippen molar-refractivity contribution in [2.75, 3.05) is 30.3 Å². The van der Waals surface area contributed by atoms with Crippen LogP contribution in [0.2, 0.25) is 0 Å². The molecule has 2 aliphatic rings. The van der Waals surface area contributed by atoms with Gasteiger partial charge < -0.3 is 15.4 Å². The molecule has 3 aromatic rings. The molecular weight excluding hydrogens is 533 g/mol. The molecule has 1 aliphatic carbocycles. The standard InChI is InChI=1S/C23H22F5N7O2S/c1-12-19(21(38-34-12)33-17-9-29-14(8-30-17)23(26,27)28)20(36)32-13-2-3-18(31-7-13)37-15-6-22(15)4-5-35(11-22)10-16(24)25/h2-3,7-9,15-16H,4-6,10-11H2,1H3,(H,30,33)(H,32,36)/t15?,22-/m1/s1. The summed E-state index contributed by atoms with van der Waals surface area (Å²) in [7, 11) is 0. The predicted octanol–water partition coefficient (Wildman–Crippen LogP) is 4.76. The Hall–Kier alpha value is -3.46. The number of pyridine rings is 1. The first-order valence-electron chi connectivity index (χ1n) is 11.6. The Morgan fingerprint density at radius 3 is 2.71 bits per heavy atom. The molecule has 9 nitrogen and oxygen atoms in total. The van der Waals surface area contributed by atoms with E-state index in [4.69, 9.17) is 4.74 Å². The number of nitrogens with one attached hydrogen (secondary N) is 2. The molecule has 15 heteroatoms. The van der Waals surface area contributed by atoms with Crippen LogP contribution in [0.4, 0.5) is 38.5 Å². The molecule has 1 saturated carbocycles. The van der Waals surface area contributed by atoms with Crippen molar-refractivity contribution < 1.29 is 31.5 Å². The fourth-order valence-corrected chi connectivity index (χ4v) is 5.28. The molecule has 202 valence electrons. The topological polar surface area (TPSA) is 105 Å². The molecule has 2 N–H and O–H groups in total. The van der Waals surface area contributed by atoms with E-state index in [-0.39, 0.29) is 29.4 Å². The highest BCUT2D eigenvalue weighted by Crippen LogP contribution is 2.54. The summed E-state index contributed by atoms with van der Waals surface area (Å²) in [5.41, 5.74) is -0.225.